The second-order valence-corrected chi connectivity index (χ2v) is 6.75. The van der Waals surface area contributed by atoms with Gasteiger partial charge in [-0.05, 0) is 57.5 Å². The molecule has 3 heteroatoms. The van der Waals surface area contributed by atoms with Gasteiger partial charge in [0.1, 0.15) is 5.75 Å². The van der Waals surface area contributed by atoms with E-state index in [1.54, 1.807) is 12.1 Å². The lowest BCUT2D eigenvalue weighted by Crippen LogP contribution is -2.40. The Morgan fingerprint density at radius 2 is 1.62 bits per heavy atom. The van der Waals surface area contributed by atoms with Crippen molar-refractivity contribution in [1.82, 2.24) is 9.80 Å². The van der Waals surface area contributed by atoms with Crippen molar-refractivity contribution in [3.63, 3.8) is 0 Å². The zero-order valence-corrected chi connectivity index (χ0v) is 14.3. The standard InChI is InChI=1S/C18H32N2O/c1-15(2)14-20(13-12-19(4)5)16(3)6-7-17-8-10-18(21)11-9-17/h8-11,15-16,21H,6-7,12-14H2,1-5H3. The van der Waals surface area contributed by atoms with E-state index in [1.807, 2.05) is 12.1 Å². The Balaban J connectivity index is 2.50. The van der Waals surface area contributed by atoms with Crippen LogP contribution in [0.1, 0.15) is 32.8 Å². The summed E-state index contributed by atoms with van der Waals surface area (Å²) in [5.41, 5.74) is 1.30. The Kier molecular flexibility index (Phi) is 7.76. The molecule has 0 bridgehead atoms. The van der Waals surface area contributed by atoms with Gasteiger partial charge in [-0.15, -0.1) is 0 Å². The van der Waals surface area contributed by atoms with Crippen molar-refractivity contribution in [2.45, 2.75) is 39.7 Å². The summed E-state index contributed by atoms with van der Waals surface area (Å²) < 4.78 is 0. The largest absolute Gasteiger partial charge is 0.508 e. The summed E-state index contributed by atoms with van der Waals surface area (Å²) in [7, 11) is 4.27. The normalized spacial score (nSPS) is 13.3. The molecule has 0 aliphatic carbocycles. The first-order valence-corrected chi connectivity index (χ1v) is 8.05. The van der Waals surface area contributed by atoms with Gasteiger partial charge >= 0.3 is 0 Å². The van der Waals surface area contributed by atoms with Gasteiger partial charge in [-0.25, -0.2) is 0 Å². The third kappa shape index (κ3) is 7.49. The summed E-state index contributed by atoms with van der Waals surface area (Å²) in [5, 5.41) is 9.33. The van der Waals surface area contributed by atoms with Crippen LogP contribution in [0.25, 0.3) is 0 Å². The highest BCUT2D eigenvalue weighted by molar-refractivity contribution is 5.25. The molecule has 0 aliphatic heterocycles. The molecule has 1 aromatic carbocycles. The quantitative estimate of drug-likeness (QED) is 0.757. The molecular formula is C18H32N2O. The van der Waals surface area contributed by atoms with Crippen LogP contribution in [0.5, 0.6) is 5.75 Å². The van der Waals surface area contributed by atoms with Gasteiger partial charge in [0.05, 0.1) is 0 Å². The summed E-state index contributed by atoms with van der Waals surface area (Å²) in [5.74, 6) is 1.04. The van der Waals surface area contributed by atoms with Gasteiger partial charge in [-0.3, -0.25) is 4.90 Å². The molecule has 0 saturated heterocycles. The number of nitrogens with zero attached hydrogens (tertiary/aromatic N) is 2. The highest BCUT2D eigenvalue weighted by Crippen LogP contribution is 2.14. The van der Waals surface area contributed by atoms with Crippen molar-refractivity contribution in [3.8, 4) is 5.75 Å². The first-order chi connectivity index (χ1) is 9.88. The Morgan fingerprint density at radius 3 is 2.14 bits per heavy atom. The lowest BCUT2D eigenvalue weighted by atomic mass is 10.0. The monoisotopic (exact) mass is 292 g/mol. The molecule has 0 spiro atoms. The highest BCUT2D eigenvalue weighted by atomic mass is 16.3. The van der Waals surface area contributed by atoms with Gasteiger partial charge in [-0.2, -0.15) is 0 Å². The van der Waals surface area contributed by atoms with E-state index in [-0.39, 0.29) is 0 Å². The van der Waals surface area contributed by atoms with Crippen molar-refractivity contribution < 1.29 is 5.11 Å². The van der Waals surface area contributed by atoms with E-state index in [0.717, 1.165) is 32.5 Å². The van der Waals surface area contributed by atoms with Crippen molar-refractivity contribution >= 4 is 0 Å². The fourth-order valence-corrected chi connectivity index (χ4v) is 2.51. The number of aryl methyl sites for hydroxylation is 1. The summed E-state index contributed by atoms with van der Waals surface area (Å²) in [4.78, 5) is 4.85. The number of likely N-dealkylation sites (N-methyl/N-ethyl adjacent to an activating group) is 1. The van der Waals surface area contributed by atoms with Crippen LogP contribution in [0, 0.1) is 5.92 Å². The molecule has 21 heavy (non-hydrogen) atoms. The smallest absolute Gasteiger partial charge is 0.115 e. The molecule has 1 aromatic rings. The molecule has 1 unspecified atom stereocenters. The van der Waals surface area contributed by atoms with Crippen molar-refractivity contribution in [1.29, 1.82) is 0 Å². The number of phenolic OH excluding ortho intramolecular Hbond substituents is 1. The second-order valence-electron chi connectivity index (χ2n) is 6.75. The molecule has 0 amide bonds. The maximum Gasteiger partial charge on any atom is 0.115 e. The molecule has 1 atom stereocenters. The van der Waals surface area contributed by atoms with Crippen LogP contribution in [0.3, 0.4) is 0 Å². The molecule has 0 saturated carbocycles. The van der Waals surface area contributed by atoms with Crippen LogP contribution in [-0.2, 0) is 6.42 Å². The fourth-order valence-electron chi connectivity index (χ4n) is 2.51. The van der Waals surface area contributed by atoms with Crippen LogP contribution >= 0.6 is 0 Å². The van der Waals surface area contributed by atoms with Gasteiger partial charge in [-0.1, -0.05) is 26.0 Å². The van der Waals surface area contributed by atoms with Crippen LogP contribution in [-0.4, -0.2) is 54.7 Å². The van der Waals surface area contributed by atoms with E-state index >= 15 is 0 Å². The van der Waals surface area contributed by atoms with E-state index in [0.29, 0.717) is 17.7 Å². The first-order valence-electron chi connectivity index (χ1n) is 8.05. The molecule has 0 fully saturated rings. The molecule has 0 aliphatic rings. The number of hydrogen-bond donors (Lipinski definition) is 1. The lowest BCUT2D eigenvalue weighted by Gasteiger charge is -2.31. The first kappa shape index (κ1) is 18.0. The number of phenols is 1. The summed E-state index contributed by atoms with van der Waals surface area (Å²) in [6, 6.07) is 8.18. The Bertz CT molecular complexity index is 387. The Labute approximate surface area is 130 Å². The van der Waals surface area contributed by atoms with Gasteiger partial charge < -0.3 is 10.0 Å². The predicted molar refractivity (Wildman–Crippen MR) is 90.9 cm³/mol. The van der Waals surface area contributed by atoms with E-state index in [9.17, 15) is 5.11 Å². The topological polar surface area (TPSA) is 26.7 Å². The zero-order chi connectivity index (χ0) is 15.8. The van der Waals surface area contributed by atoms with E-state index in [2.05, 4.69) is 44.7 Å². The fraction of sp³-hybridized carbons (Fsp3) is 0.667. The molecule has 0 radical (unpaired) electrons. The van der Waals surface area contributed by atoms with Crippen LogP contribution in [0.15, 0.2) is 24.3 Å². The SMILES string of the molecule is CC(C)CN(CCN(C)C)C(C)CCc1ccc(O)cc1. The van der Waals surface area contributed by atoms with Gasteiger partial charge in [0.25, 0.3) is 0 Å². The summed E-state index contributed by atoms with van der Waals surface area (Å²) in [6.07, 6.45) is 2.23. The molecule has 120 valence electrons. The van der Waals surface area contributed by atoms with Crippen LogP contribution in [0.4, 0.5) is 0 Å². The van der Waals surface area contributed by atoms with E-state index in [1.165, 1.54) is 5.56 Å². The maximum absolute atomic E-state index is 9.33. The molecule has 1 N–H and O–H groups in total. The molecule has 3 nitrogen and oxygen atoms in total. The number of hydrogen-bond acceptors (Lipinski definition) is 3. The average Bonchev–Trinajstić information content (AvgIpc) is 2.42. The Hall–Kier alpha value is -1.06. The zero-order valence-electron chi connectivity index (χ0n) is 14.3. The number of benzene rings is 1. The maximum atomic E-state index is 9.33. The number of rotatable bonds is 9. The van der Waals surface area contributed by atoms with Crippen molar-refractivity contribution in [3.05, 3.63) is 29.8 Å². The lowest BCUT2D eigenvalue weighted by molar-refractivity contribution is 0.163. The molecule has 0 heterocycles. The minimum atomic E-state index is 0.346. The van der Waals surface area contributed by atoms with Gasteiger partial charge in [0, 0.05) is 25.7 Å². The summed E-state index contributed by atoms with van der Waals surface area (Å²) in [6.45, 7) is 10.3. The molecule has 0 aromatic heterocycles. The number of aromatic hydroxyl groups is 1. The van der Waals surface area contributed by atoms with Gasteiger partial charge in [0.2, 0.25) is 0 Å². The van der Waals surface area contributed by atoms with Crippen molar-refractivity contribution in [2.24, 2.45) is 5.92 Å². The third-order valence-electron chi connectivity index (χ3n) is 3.84. The highest BCUT2D eigenvalue weighted by Gasteiger charge is 2.15. The molecule has 1 rings (SSSR count). The van der Waals surface area contributed by atoms with E-state index in [4.69, 9.17) is 0 Å². The minimum absolute atomic E-state index is 0.346. The Morgan fingerprint density at radius 1 is 1.00 bits per heavy atom. The average molecular weight is 292 g/mol. The van der Waals surface area contributed by atoms with Gasteiger partial charge in [0.15, 0.2) is 0 Å². The minimum Gasteiger partial charge on any atom is -0.508 e. The van der Waals surface area contributed by atoms with Crippen LogP contribution < -0.4 is 0 Å². The van der Waals surface area contributed by atoms with E-state index < -0.39 is 0 Å². The molecular weight excluding hydrogens is 260 g/mol. The second kappa shape index (κ2) is 9.06. The third-order valence-corrected chi connectivity index (χ3v) is 3.84. The summed E-state index contributed by atoms with van der Waals surface area (Å²) >= 11 is 0. The van der Waals surface area contributed by atoms with Crippen LogP contribution in [0.2, 0.25) is 0 Å². The van der Waals surface area contributed by atoms with Crippen molar-refractivity contribution in [2.75, 3.05) is 33.7 Å². The predicted octanol–water partition coefficient (Wildman–Crippen LogP) is 3.23.